The van der Waals surface area contributed by atoms with Crippen LogP contribution in [0.2, 0.25) is 5.02 Å². The summed E-state index contributed by atoms with van der Waals surface area (Å²) in [5, 5.41) is 0.630. The minimum absolute atomic E-state index is 0.334. The maximum Gasteiger partial charge on any atom is 0.331 e. The van der Waals surface area contributed by atoms with E-state index in [9.17, 15) is 4.79 Å². The Bertz CT molecular complexity index is 713. The molecule has 0 N–H and O–H groups in total. The lowest BCUT2D eigenvalue weighted by atomic mass is 9.96. The van der Waals surface area contributed by atoms with Gasteiger partial charge in [-0.1, -0.05) is 29.8 Å². The lowest BCUT2D eigenvalue weighted by Gasteiger charge is -2.11. The van der Waals surface area contributed by atoms with Gasteiger partial charge in [-0.25, -0.2) is 4.79 Å². The normalized spacial score (nSPS) is 11.2. The number of rotatable bonds is 6. The number of hydrogen-bond acceptors (Lipinski definition) is 3. The number of hydrogen-bond donors (Lipinski definition) is 0. The Labute approximate surface area is 147 Å². The molecular formula is C20H21ClO3. The second-order valence-electron chi connectivity index (χ2n) is 5.28. The zero-order chi connectivity index (χ0) is 17.5. The van der Waals surface area contributed by atoms with Crippen LogP contribution in [0.4, 0.5) is 0 Å². The highest BCUT2D eigenvalue weighted by Crippen LogP contribution is 2.28. The molecular weight excluding hydrogens is 324 g/mol. The molecule has 0 bridgehead atoms. The monoisotopic (exact) mass is 344 g/mol. The van der Waals surface area contributed by atoms with Crippen molar-refractivity contribution >= 4 is 23.1 Å². The van der Waals surface area contributed by atoms with E-state index in [0.717, 1.165) is 28.0 Å². The Morgan fingerprint density at radius 3 is 2.33 bits per heavy atom. The molecule has 0 aliphatic carbocycles. The SMILES string of the molecule is CCOC(=O)C=C(c1ccc(OCC)cc1)c1cc(C)cc(Cl)c1. The Morgan fingerprint density at radius 1 is 1.04 bits per heavy atom. The van der Waals surface area contributed by atoms with Crippen molar-refractivity contribution in [3.8, 4) is 5.75 Å². The first-order chi connectivity index (χ1) is 11.5. The molecule has 24 heavy (non-hydrogen) atoms. The number of benzene rings is 2. The first-order valence-electron chi connectivity index (χ1n) is 7.92. The number of halogens is 1. The predicted octanol–water partition coefficient (Wildman–Crippen LogP) is 5.04. The number of ether oxygens (including phenoxy) is 2. The van der Waals surface area contributed by atoms with Crippen molar-refractivity contribution in [1.82, 2.24) is 0 Å². The highest BCUT2D eigenvalue weighted by Gasteiger charge is 2.10. The van der Waals surface area contributed by atoms with E-state index in [0.29, 0.717) is 18.2 Å². The van der Waals surface area contributed by atoms with Crippen molar-refractivity contribution < 1.29 is 14.3 Å². The highest BCUT2D eigenvalue weighted by molar-refractivity contribution is 6.30. The molecule has 0 spiro atoms. The zero-order valence-corrected chi connectivity index (χ0v) is 14.9. The predicted molar refractivity (Wildman–Crippen MR) is 97.5 cm³/mol. The lowest BCUT2D eigenvalue weighted by Crippen LogP contribution is -2.02. The number of carbonyl (C=O) groups excluding carboxylic acids is 1. The number of carbonyl (C=O) groups is 1. The van der Waals surface area contributed by atoms with Gasteiger partial charge in [0, 0.05) is 11.1 Å². The molecule has 0 heterocycles. The minimum Gasteiger partial charge on any atom is -0.494 e. The third-order valence-electron chi connectivity index (χ3n) is 3.38. The van der Waals surface area contributed by atoms with E-state index in [1.165, 1.54) is 6.08 Å². The summed E-state index contributed by atoms with van der Waals surface area (Å²) >= 11 is 6.18. The largest absolute Gasteiger partial charge is 0.494 e. The Morgan fingerprint density at radius 2 is 1.75 bits per heavy atom. The first kappa shape index (κ1) is 18.1. The van der Waals surface area contributed by atoms with Gasteiger partial charge >= 0.3 is 5.97 Å². The molecule has 2 aromatic rings. The van der Waals surface area contributed by atoms with Crippen LogP contribution in [0.25, 0.3) is 5.57 Å². The molecule has 0 aliphatic rings. The Balaban J connectivity index is 2.48. The van der Waals surface area contributed by atoms with Crippen molar-refractivity contribution in [2.75, 3.05) is 13.2 Å². The third-order valence-corrected chi connectivity index (χ3v) is 3.60. The van der Waals surface area contributed by atoms with Gasteiger partial charge in [0.1, 0.15) is 5.75 Å². The quantitative estimate of drug-likeness (QED) is 0.544. The van der Waals surface area contributed by atoms with Gasteiger partial charge in [0.15, 0.2) is 0 Å². The van der Waals surface area contributed by atoms with Crippen LogP contribution in [0.15, 0.2) is 48.5 Å². The van der Waals surface area contributed by atoms with E-state index in [2.05, 4.69) is 0 Å². The first-order valence-corrected chi connectivity index (χ1v) is 8.30. The standard InChI is InChI=1S/C20H21ClO3/c1-4-23-18-8-6-15(7-9-18)19(13-20(22)24-5-2)16-10-14(3)11-17(21)12-16/h6-13H,4-5H2,1-3H3. The maximum atomic E-state index is 12.0. The van der Waals surface area contributed by atoms with Crippen molar-refractivity contribution in [3.05, 3.63) is 70.3 Å². The van der Waals surface area contributed by atoms with Crippen molar-refractivity contribution in [3.63, 3.8) is 0 Å². The summed E-state index contributed by atoms with van der Waals surface area (Å²) in [6.45, 7) is 6.63. The molecule has 0 amide bonds. The van der Waals surface area contributed by atoms with Crippen molar-refractivity contribution in [2.24, 2.45) is 0 Å². The molecule has 0 saturated carbocycles. The fourth-order valence-electron chi connectivity index (χ4n) is 2.42. The number of esters is 1. The molecule has 4 heteroatoms. The molecule has 3 nitrogen and oxygen atoms in total. The molecule has 0 radical (unpaired) electrons. The molecule has 0 aliphatic heterocycles. The van der Waals surface area contributed by atoms with E-state index < -0.39 is 0 Å². The molecule has 0 unspecified atom stereocenters. The molecule has 126 valence electrons. The van der Waals surface area contributed by atoms with Gasteiger partial charge in [-0.05, 0) is 67.3 Å². The van der Waals surface area contributed by atoms with Crippen LogP contribution in [-0.4, -0.2) is 19.2 Å². The number of aryl methyl sites for hydroxylation is 1. The van der Waals surface area contributed by atoms with Crippen molar-refractivity contribution in [2.45, 2.75) is 20.8 Å². The second kappa shape index (κ2) is 8.55. The highest BCUT2D eigenvalue weighted by atomic mass is 35.5. The van der Waals surface area contributed by atoms with Gasteiger partial charge in [-0.2, -0.15) is 0 Å². The fraction of sp³-hybridized carbons (Fsp3) is 0.250. The molecule has 0 saturated heterocycles. The molecule has 2 aromatic carbocycles. The zero-order valence-electron chi connectivity index (χ0n) is 14.1. The smallest absolute Gasteiger partial charge is 0.331 e. The lowest BCUT2D eigenvalue weighted by molar-refractivity contribution is -0.137. The molecule has 0 atom stereocenters. The van der Waals surface area contributed by atoms with Gasteiger partial charge in [0.25, 0.3) is 0 Å². The summed E-state index contributed by atoms with van der Waals surface area (Å²) in [5.41, 5.74) is 3.56. The van der Waals surface area contributed by atoms with Gasteiger partial charge < -0.3 is 9.47 Å². The summed E-state index contributed by atoms with van der Waals surface area (Å²) in [6.07, 6.45) is 1.50. The maximum absolute atomic E-state index is 12.0. The van der Waals surface area contributed by atoms with Crippen LogP contribution >= 0.6 is 11.6 Å². The van der Waals surface area contributed by atoms with Crippen LogP contribution in [0.3, 0.4) is 0 Å². The topological polar surface area (TPSA) is 35.5 Å². The Hall–Kier alpha value is -2.26. The summed E-state index contributed by atoms with van der Waals surface area (Å²) in [6, 6.07) is 13.3. The average molecular weight is 345 g/mol. The van der Waals surface area contributed by atoms with E-state index in [1.54, 1.807) is 6.92 Å². The van der Waals surface area contributed by atoms with E-state index >= 15 is 0 Å². The van der Waals surface area contributed by atoms with E-state index in [1.807, 2.05) is 56.3 Å². The van der Waals surface area contributed by atoms with Crippen LogP contribution in [0, 0.1) is 6.92 Å². The molecule has 0 aromatic heterocycles. The van der Waals surface area contributed by atoms with E-state index in [-0.39, 0.29) is 5.97 Å². The van der Waals surface area contributed by atoms with Crippen LogP contribution in [0.1, 0.15) is 30.5 Å². The fourth-order valence-corrected chi connectivity index (χ4v) is 2.71. The summed E-state index contributed by atoms with van der Waals surface area (Å²) < 4.78 is 10.5. The van der Waals surface area contributed by atoms with Gasteiger partial charge in [0.05, 0.1) is 13.2 Å². The van der Waals surface area contributed by atoms with Crippen molar-refractivity contribution in [1.29, 1.82) is 0 Å². The van der Waals surface area contributed by atoms with Crippen LogP contribution < -0.4 is 4.74 Å². The van der Waals surface area contributed by atoms with Gasteiger partial charge in [-0.15, -0.1) is 0 Å². The average Bonchev–Trinajstić information content (AvgIpc) is 2.53. The minimum atomic E-state index is -0.376. The summed E-state index contributed by atoms with van der Waals surface area (Å²) in [7, 11) is 0. The van der Waals surface area contributed by atoms with Crippen LogP contribution in [0.5, 0.6) is 5.75 Å². The molecule has 0 fully saturated rings. The van der Waals surface area contributed by atoms with Crippen LogP contribution in [-0.2, 0) is 9.53 Å². The van der Waals surface area contributed by atoms with E-state index in [4.69, 9.17) is 21.1 Å². The van der Waals surface area contributed by atoms with Gasteiger partial charge in [-0.3, -0.25) is 0 Å². The Kier molecular flexibility index (Phi) is 6.44. The van der Waals surface area contributed by atoms with Gasteiger partial charge in [0.2, 0.25) is 0 Å². The second-order valence-corrected chi connectivity index (χ2v) is 5.72. The summed E-state index contributed by atoms with van der Waals surface area (Å²) in [4.78, 5) is 12.0. The summed E-state index contributed by atoms with van der Waals surface area (Å²) in [5.74, 6) is 0.415. The third kappa shape index (κ3) is 4.87. The molecule has 2 rings (SSSR count).